The first-order valence-corrected chi connectivity index (χ1v) is 8.26. The van der Waals surface area contributed by atoms with Crippen LogP contribution in [0, 0.1) is 0 Å². The zero-order valence-electron chi connectivity index (χ0n) is 14.4. The Morgan fingerprint density at radius 1 is 0.625 bits per heavy atom. The molecular weight excluding hydrogens is 292 g/mol. The fourth-order valence-corrected chi connectivity index (χ4v) is 2.73. The molecule has 0 heterocycles. The van der Waals surface area contributed by atoms with Gasteiger partial charge in [-0.05, 0) is 22.1 Å². The van der Waals surface area contributed by atoms with Gasteiger partial charge in [-0.3, -0.25) is 4.79 Å². The highest BCUT2D eigenvalue weighted by molar-refractivity contribution is 6.09. The van der Waals surface area contributed by atoms with Gasteiger partial charge in [-0.15, -0.1) is 0 Å². The van der Waals surface area contributed by atoms with Crippen LogP contribution in [0.5, 0.6) is 0 Å². The number of carbonyl (C=O) groups excluding carboxylic acids is 1. The Balaban J connectivity index is 1.83. The van der Waals surface area contributed by atoms with Gasteiger partial charge in [0.15, 0.2) is 5.78 Å². The molecule has 0 saturated carbocycles. The second-order valence-electron chi connectivity index (χ2n) is 7.10. The topological polar surface area (TPSA) is 17.1 Å². The molecule has 0 radical (unpaired) electrons. The summed E-state index contributed by atoms with van der Waals surface area (Å²) in [6.07, 6.45) is 0. The van der Waals surface area contributed by atoms with E-state index in [0.29, 0.717) is 0 Å². The van der Waals surface area contributed by atoms with Crippen molar-refractivity contribution >= 4 is 5.78 Å². The number of carbonyl (C=O) groups is 1. The molecule has 3 aromatic rings. The predicted octanol–water partition coefficient (Wildman–Crippen LogP) is 5.88. The Labute approximate surface area is 144 Å². The summed E-state index contributed by atoms with van der Waals surface area (Å²) >= 11 is 0. The Morgan fingerprint density at radius 3 is 1.58 bits per heavy atom. The molecule has 120 valence electrons. The van der Waals surface area contributed by atoms with Crippen LogP contribution < -0.4 is 0 Å². The van der Waals surface area contributed by atoms with Crippen LogP contribution in [0.4, 0.5) is 0 Å². The lowest BCUT2D eigenvalue weighted by molar-refractivity contribution is 0.103. The molecule has 0 amide bonds. The molecule has 0 aliphatic carbocycles. The van der Waals surface area contributed by atoms with E-state index in [0.717, 1.165) is 16.7 Å². The molecule has 3 aromatic carbocycles. The monoisotopic (exact) mass is 314 g/mol. The first-order valence-electron chi connectivity index (χ1n) is 8.26. The standard InChI is InChI=1S/C23H22O/c1-23(2,3)21-15-13-18(14-16-21)17-9-11-20(12-10-17)22(24)19-7-5-4-6-8-19/h4-16H,1-3H3. The molecule has 24 heavy (non-hydrogen) atoms. The van der Waals surface area contributed by atoms with Crippen molar-refractivity contribution in [2.75, 3.05) is 0 Å². The van der Waals surface area contributed by atoms with Crippen molar-refractivity contribution in [2.45, 2.75) is 26.2 Å². The summed E-state index contributed by atoms with van der Waals surface area (Å²) in [6.45, 7) is 6.64. The molecule has 0 unspecified atom stereocenters. The van der Waals surface area contributed by atoms with Crippen LogP contribution >= 0.6 is 0 Å². The molecule has 3 rings (SSSR count). The van der Waals surface area contributed by atoms with E-state index in [9.17, 15) is 4.79 Å². The van der Waals surface area contributed by atoms with Gasteiger partial charge in [-0.25, -0.2) is 0 Å². The quantitative estimate of drug-likeness (QED) is 0.551. The molecule has 1 nitrogen and oxygen atoms in total. The van der Waals surface area contributed by atoms with E-state index in [2.05, 4.69) is 45.0 Å². The Morgan fingerprint density at radius 2 is 1.08 bits per heavy atom. The maximum atomic E-state index is 12.4. The van der Waals surface area contributed by atoms with Crippen LogP contribution in [0.3, 0.4) is 0 Å². The lowest BCUT2D eigenvalue weighted by atomic mass is 9.86. The van der Waals surface area contributed by atoms with E-state index in [1.165, 1.54) is 11.1 Å². The molecule has 0 spiro atoms. The van der Waals surface area contributed by atoms with Gasteiger partial charge in [0.25, 0.3) is 0 Å². The van der Waals surface area contributed by atoms with Crippen LogP contribution in [0.2, 0.25) is 0 Å². The predicted molar refractivity (Wildman–Crippen MR) is 100 cm³/mol. The smallest absolute Gasteiger partial charge is 0.193 e. The maximum Gasteiger partial charge on any atom is 0.193 e. The molecule has 1 heteroatoms. The third kappa shape index (κ3) is 3.46. The zero-order valence-corrected chi connectivity index (χ0v) is 14.4. The van der Waals surface area contributed by atoms with E-state index in [1.807, 2.05) is 54.6 Å². The third-order valence-corrected chi connectivity index (χ3v) is 4.27. The van der Waals surface area contributed by atoms with Crippen LogP contribution in [0.25, 0.3) is 11.1 Å². The fraction of sp³-hybridized carbons (Fsp3) is 0.174. The Hall–Kier alpha value is -2.67. The summed E-state index contributed by atoms with van der Waals surface area (Å²) < 4.78 is 0. The van der Waals surface area contributed by atoms with Crippen LogP contribution in [-0.2, 0) is 5.41 Å². The SMILES string of the molecule is CC(C)(C)c1ccc(-c2ccc(C(=O)c3ccccc3)cc2)cc1. The van der Waals surface area contributed by atoms with E-state index in [1.54, 1.807) is 0 Å². The molecule has 0 aromatic heterocycles. The maximum absolute atomic E-state index is 12.4. The normalized spacial score (nSPS) is 11.3. The summed E-state index contributed by atoms with van der Waals surface area (Å²) in [5.41, 5.74) is 5.21. The molecule has 0 aliphatic heterocycles. The molecule has 0 atom stereocenters. The average molecular weight is 314 g/mol. The van der Waals surface area contributed by atoms with E-state index in [4.69, 9.17) is 0 Å². The van der Waals surface area contributed by atoms with Crippen molar-refractivity contribution in [1.82, 2.24) is 0 Å². The van der Waals surface area contributed by atoms with Gasteiger partial charge in [0.1, 0.15) is 0 Å². The second-order valence-corrected chi connectivity index (χ2v) is 7.10. The van der Waals surface area contributed by atoms with Crippen LogP contribution in [0.15, 0.2) is 78.9 Å². The summed E-state index contributed by atoms with van der Waals surface area (Å²) in [4.78, 5) is 12.4. The zero-order chi connectivity index (χ0) is 17.2. The summed E-state index contributed by atoms with van der Waals surface area (Å²) in [5, 5.41) is 0. The van der Waals surface area contributed by atoms with E-state index < -0.39 is 0 Å². The molecule has 0 fully saturated rings. The Bertz CT molecular complexity index is 820. The number of ketones is 1. The number of hydrogen-bond donors (Lipinski definition) is 0. The molecule has 0 N–H and O–H groups in total. The fourth-order valence-electron chi connectivity index (χ4n) is 2.73. The van der Waals surface area contributed by atoms with Crippen molar-refractivity contribution in [2.24, 2.45) is 0 Å². The first-order chi connectivity index (χ1) is 11.4. The second kappa shape index (κ2) is 6.45. The highest BCUT2D eigenvalue weighted by atomic mass is 16.1. The van der Waals surface area contributed by atoms with Crippen molar-refractivity contribution in [3.63, 3.8) is 0 Å². The summed E-state index contributed by atoms with van der Waals surface area (Å²) in [7, 11) is 0. The molecular formula is C23H22O. The highest BCUT2D eigenvalue weighted by Gasteiger charge is 2.13. The first kappa shape index (κ1) is 16.2. The summed E-state index contributed by atoms with van der Waals surface area (Å²) in [5.74, 6) is 0.0604. The lowest BCUT2D eigenvalue weighted by Gasteiger charge is -2.19. The highest BCUT2D eigenvalue weighted by Crippen LogP contribution is 2.26. The third-order valence-electron chi connectivity index (χ3n) is 4.27. The minimum absolute atomic E-state index is 0.0604. The van der Waals surface area contributed by atoms with Gasteiger partial charge in [0.2, 0.25) is 0 Å². The van der Waals surface area contributed by atoms with Crippen molar-refractivity contribution < 1.29 is 4.79 Å². The molecule has 0 bridgehead atoms. The average Bonchev–Trinajstić information content (AvgIpc) is 2.61. The van der Waals surface area contributed by atoms with Gasteiger partial charge in [-0.1, -0.05) is 99.6 Å². The molecule has 0 saturated heterocycles. The largest absolute Gasteiger partial charge is 0.289 e. The number of hydrogen-bond acceptors (Lipinski definition) is 1. The van der Waals surface area contributed by atoms with Crippen molar-refractivity contribution in [1.29, 1.82) is 0 Å². The van der Waals surface area contributed by atoms with Crippen molar-refractivity contribution in [3.05, 3.63) is 95.6 Å². The van der Waals surface area contributed by atoms with Gasteiger partial charge in [0.05, 0.1) is 0 Å². The minimum Gasteiger partial charge on any atom is -0.289 e. The van der Waals surface area contributed by atoms with Crippen LogP contribution in [0.1, 0.15) is 42.3 Å². The number of rotatable bonds is 3. The Kier molecular flexibility index (Phi) is 4.35. The van der Waals surface area contributed by atoms with Gasteiger partial charge in [-0.2, -0.15) is 0 Å². The van der Waals surface area contributed by atoms with Gasteiger partial charge in [0, 0.05) is 11.1 Å². The van der Waals surface area contributed by atoms with Gasteiger partial charge < -0.3 is 0 Å². The van der Waals surface area contributed by atoms with Gasteiger partial charge >= 0.3 is 0 Å². The van der Waals surface area contributed by atoms with Crippen LogP contribution in [-0.4, -0.2) is 5.78 Å². The van der Waals surface area contributed by atoms with E-state index in [-0.39, 0.29) is 11.2 Å². The lowest BCUT2D eigenvalue weighted by Crippen LogP contribution is -2.10. The summed E-state index contributed by atoms with van der Waals surface area (Å²) in [6, 6.07) is 25.9. The minimum atomic E-state index is 0.0604. The van der Waals surface area contributed by atoms with E-state index >= 15 is 0 Å². The number of benzene rings is 3. The molecule has 0 aliphatic rings. The van der Waals surface area contributed by atoms with Crippen molar-refractivity contribution in [3.8, 4) is 11.1 Å².